The minimum absolute atomic E-state index is 0. The van der Waals surface area contributed by atoms with Gasteiger partial charge in [0.1, 0.15) is 12.4 Å². The predicted octanol–water partition coefficient (Wildman–Crippen LogP) is 3.15. The van der Waals surface area contributed by atoms with Crippen LogP contribution < -0.4 is 15.8 Å². The topological polar surface area (TPSA) is 56.5 Å². The Labute approximate surface area is 144 Å². The molecule has 1 fully saturated rings. The van der Waals surface area contributed by atoms with E-state index < -0.39 is 0 Å². The highest BCUT2D eigenvalue weighted by molar-refractivity contribution is 6.30. The number of hydrogen-bond donors (Lipinski definition) is 2. The first-order chi connectivity index (χ1) is 10.2. The molecule has 0 aromatic heterocycles. The minimum Gasteiger partial charge on any atom is -0.491 e. The number of ether oxygens (including phenoxy) is 2. The van der Waals surface area contributed by atoms with Crippen LogP contribution in [0.3, 0.4) is 0 Å². The number of methoxy groups -OCH3 is 1. The standard InChI is InChI=1S/C16H25ClN2O2.ClH/c1-20-8-9-21-16-7-2-13(17)10-12(16)11-19-15-5-3-14(18)4-6-15;/h2,7,10,14-15,19H,3-6,8-9,11,18H2,1H3;1H. The Morgan fingerprint density at radius 1 is 1.23 bits per heavy atom. The van der Waals surface area contributed by atoms with Crippen molar-refractivity contribution in [2.24, 2.45) is 5.73 Å². The number of halogens is 2. The molecule has 0 aliphatic heterocycles. The molecular weight excluding hydrogens is 323 g/mol. The molecule has 0 saturated heterocycles. The van der Waals surface area contributed by atoms with Gasteiger partial charge in [-0.15, -0.1) is 12.4 Å². The zero-order chi connectivity index (χ0) is 15.1. The van der Waals surface area contributed by atoms with Gasteiger partial charge in [0, 0.05) is 36.3 Å². The quantitative estimate of drug-likeness (QED) is 0.743. The van der Waals surface area contributed by atoms with E-state index in [1.54, 1.807) is 7.11 Å². The molecule has 0 heterocycles. The third-order valence-corrected chi connectivity index (χ3v) is 4.16. The van der Waals surface area contributed by atoms with Crippen LogP contribution in [0.2, 0.25) is 5.02 Å². The third kappa shape index (κ3) is 6.31. The zero-order valence-corrected chi connectivity index (χ0v) is 14.6. The number of hydrogen-bond acceptors (Lipinski definition) is 4. The molecule has 0 unspecified atom stereocenters. The van der Waals surface area contributed by atoms with E-state index in [4.69, 9.17) is 26.8 Å². The van der Waals surface area contributed by atoms with Gasteiger partial charge in [0.2, 0.25) is 0 Å². The van der Waals surface area contributed by atoms with E-state index in [1.807, 2.05) is 18.2 Å². The van der Waals surface area contributed by atoms with Crippen LogP contribution in [0.15, 0.2) is 18.2 Å². The molecule has 4 nitrogen and oxygen atoms in total. The molecular formula is C16H26Cl2N2O2. The molecule has 0 radical (unpaired) electrons. The van der Waals surface area contributed by atoms with Crippen molar-refractivity contribution < 1.29 is 9.47 Å². The van der Waals surface area contributed by atoms with Crippen molar-refractivity contribution in [3.8, 4) is 5.75 Å². The molecule has 0 spiro atoms. The molecule has 1 aromatic carbocycles. The SMILES string of the molecule is COCCOc1ccc(Cl)cc1CNC1CCC(N)CC1.Cl. The summed E-state index contributed by atoms with van der Waals surface area (Å²) in [5.74, 6) is 0.872. The Hall–Kier alpha value is -0.520. The summed E-state index contributed by atoms with van der Waals surface area (Å²) in [6.45, 7) is 1.89. The van der Waals surface area contributed by atoms with Crippen LogP contribution in [0.5, 0.6) is 5.75 Å². The molecule has 0 atom stereocenters. The Morgan fingerprint density at radius 3 is 2.64 bits per heavy atom. The van der Waals surface area contributed by atoms with Crippen LogP contribution in [-0.4, -0.2) is 32.4 Å². The van der Waals surface area contributed by atoms with E-state index in [0.29, 0.717) is 25.3 Å². The number of rotatable bonds is 7. The minimum atomic E-state index is 0. The van der Waals surface area contributed by atoms with E-state index in [1.165, 1.54) is 0 Å². The lowest BCUT2D eigenvalue weighted by Crippen LogP contribution is -2.37. The fourth-order valence-electron chi connectivity index (χ4n) is 2.64. The van der Waals surface area contributed by atoms with Crippen molar-refractivity contribution in [2.75, 3.05) is 20.3 Å². The first kappa shape index (κ1) is 19.5. The van der Waals surface area contributed by atoms with Crippen LogP contribution in [0.1, 0.15) is 31.2 Å². The van der Waals surface area contributed by atoms with Gasteiger partial charge in [-0.3, -0.25) is 0 Å². The first-order valence-electron chi connectivity index (χ1n) is 7.58. The summed E-state index contributed by atoms with van der Waals surface area (Å²) in [7, 11) is 1.67. The average Bonchev–Trinajstić information content (AvgIpc) is 2.49. The molecule has 1 saturated carbocycles. The normalized spacial score (nSPS) is 21.2. The summed E-state index contributed by atoms with van der Waals surface area (Å²) in [6, 6.07) is 6.65. The van der Waals surface area contributed by atoms with E-state index in [-0.39, 0.29) is 12.4 Å². The summed E-state index contributed by atoms with van der Waals surface area (Å²) in [5, 5.41) is 4.32. The summed E-state index contributed by atoms with van der Waals surface area (Å²) in [5.41, 5.74) is 7.03. The van der Waals surface area contributed by atoms with Crippen LogP contribution in [-0.2, 0) is 11.3 Å². The Morgan fingerprint density at radius 2 is 1.95 bits per heavy atom. The molecule has 1 aromatic rings. The molecule has 1 aliphatic rings. The van der Waals surface area contributed by atoms with Crippen LogP contribution in [0.25, 0.3) is 0 Å². The zero-order valence-electron chi connectivity index (χ0n) is 13.0. The van der Waals surface area contributed by atoms with Gasteiger partial charge in [-0.25, -0.2) is 0 Å². The maximum absolute atomic E-state index is 6.09. The first-order valence-corrected chi connectivity index (χ1v) is 7.96. The second-order valence-electron chi connectivity index (χ2n) is 5.59. The maximum atomic E-state index is 6.09. The summed E-state index contributed by atoms with van der Waals surface area (Å²) in [4.78, 5) is 0. The van der Waals surface area contributed by atoms with Gasteiger partial charge in [0.05, 0.1) is 6.61 Å². The van der Waals surface area contributed by atoms with Crippen molar-refractivity contribution in [1.29, 1.82) is 0 Å². The molecule has 3 N–H and O–H groups in total. The monoisotopic (exact) mass is 348 g/mol. The lowest BCUT2D eigenvalue weighted by molar-refractivity contribution is 0.145. The van der Waals surface area contributed by atoms with Gasteiger partial charge in [0.15, 0.2) is 0 Å². The van der Waals surface area contributed by atoms with Gasteiger partial charge in [0.25, 0.3) is 0 Å². The summed E-state index contributed by atoms with van der Waals surface area (Å²) in [6.07, 6.45) is 4.48. The maximum Gasteiger partial charge on any atom is 0.124 e. The Balaban J connectivity index is 0.00000242. The number of nitrogens with one attached hydrogen (secondary N) is 1. The van der Waals surface area contributed by atoms with E-state index in [0.717, 1.165) is 48.6 Å². The summed E-state index contributed by atoms with van der Waals surface area (Å²) < 4.78 is 10.8. The fraction of sp³-hybridized carbons (Fsp3) is 0.625. The molecule has 1 aliphatic carbocycles. The lowest BCUT2D eigenvalue weighted by Gasteiger charge is -2.27. The third-order valence-electron chi connectivity index (χ3n) is 3.92. The van der Waals surface area contributed by atoms with Gasteiger partial charge < -0.3 is 20.5 Å². The van der Waals surface area contributed by atoms with E-state index in [9.17, 15) is 0 Å². The van der Waals surface area contributed by atoms with Crippen LogP contribution in [0.4, 0.5) is 0 Å². The molecule has 0 bridgehead atoms. The van der Waals surface area contributed by atoms with E-state index >= 15 is 0 Å². The number of benzene rings is 1. The van der Waals surface area contributed by atoms with Crippen molar-refractivity contribution in [3.05, 3.63) is 28.8 Å². The Kier molecular flexibility index (Phi) is 9.13. The highest BCUT2D eigenvalue weighted by Gasteiger charge is 2.18. The fourth-order valence-corrected chi connectivity index (χ4v) is 2.83. The van der Waals surface area contributed by atoms with Crippen molar-refractivity contribution >= 4 is 24.0 Å². The highest BCUT2D eigenvalue weighted by atomic mass is 35.5. The van der Waals surface area contributed by atoms with Crippen molar-refractivity contribution in [2.45, 2.75) is 44.3 Å². The molecule has 22 heavy (non-hydrogen) atoms. The summed E-state index contributed by atoms with van der Waals surface area (Å²) >= 11 is 6.09. The van der Waals surface area contributed by atoms with Crippen molar-refractivity contribution in [3.63, 3.8) is 0 Å². The van der Waals surface area contributed by atoms with Gasteiger partial charge in [-0.05, 0) is 43.9 Å². The second-order valence-corrected chi connectivity index (χ2v) is 6.02. The Bertz CT molecular complexity index is 438. The van der Waals surface area contributed by atoms with E-state index in [2.05, 4.69) is 5.32 Å². The molecule has 0 amide bonds. The average molecular weight is 349 g/mol. The van der Waals surface area contributed by atoms with Crippen LogP contribution >= 0.6 is 24.0 Å². The largest absolute Gasteiger partial charge is 0.491 e. The smallest absolute Gasteiger partial charge is 0.124 e. The van der Waals surface area contributed by atoms with Gasteiger partial charge >= 0.3 is 0 Å². The predicted molar refractivity (Wildman–Crippen MR) is 93.1 cm³/mol. The van der Waals surface area contributed by atoms with Crippen molar-refractivity contribution in [1.82, 2.24) is 5.32 Å². The highest BCUT2D eigenvalue weighted by Crippen LogP contribution is 2.24. The van der Waals surface area contributed by atoms with Gasteiger partial charge in [-0.2, -0.15) is 0 Å². The van der Waals surface area contributed by atoms with Crippen LogP contribution in [0, 0.1) is 0 Å². The number of nitrogens with two attached hydrogens (primary N) is 1. The molecule has 2 rings (SSSR count). The lowest BCUT2D eigenvalue weighted by atomic mass is 9.92. The second kappa shape index (κ2) is 10.3. The van der Waals surface area contributed by atoms with Gasteiger partial charge in [-0.1, -0.05) is 11.6 Å². The molecule has 6 heteroatoms. The molecule has 126 valence electrons.